The predicted octanol–water partition coefficient (Wildman–Crippen LogP) is 3.16. The first kappa shape index (κ1) is 14.3. The molecule has 2 heterocycles. The number of amides is 1. The number of aromatic nitrogens is 2. The maximum absolute atomic E-state index is 12.1. The Bertz CT molecular complexity index is 602. The maximum atomic E-state index is 12.1. The van der Waals surface area contributed by atoms with E-state index in [1.54, 1.807) is 6.08 Å². The summed E-state index contributed by atoms with van der Waals surface area (Å²) in [6, 6.07) is 3.69. The van der Waals surface area contributed by atoms with Crippen molar-refractivity contribution in [2.75, 3.05) is 5.32 Å². The normalized spacial score (nSPS) is 11.9. The molecule has 1 N–H and O–H groups in total. The molecule has 0 aliphatic rings. The van der Waals surface area contributed by atoms with Crippen LogP contribution in [0.1, 0.15) is 4.88 Å². The van der Waals surface area contributed by atoms with Gasteiger partial charge in [0.25, 0.3) is 0 Å². The first-order chi connectivity index (χ1) is 9.42. The molecule has 8 heteroatoms. The van der Waals surface area contributed by atoms with Crippen LogP contribution in [-0.2, 0) is 11.3 Å². The third-order valence-corrected chi connectivity index (χ3v) is 3.02. The van der Waals surface area contributed by atoms with E-state index in [-0.39, 0.29) is 5.69 Å². The number of carbonyl (C=O) groups is 1. The average Bonchev–Trinajstić information content (AvgIpc) is 2.96. The lowest BCUT2D eigenvalue weighted by Crippen LogP contribution is -2.17. The maximum Gasteiger partial charge on any atom is 0.408 e. The van der Waals surface area contributed by atoms with Crippen LogP contribution < -0.4 is 5.32 Å². The van der Waals surface area contributed by atoms with E-state index in [1.807, 2.05) is 17.5 Å². The molecule has 106 valence electrons. The molecule has 1 amide bonds. The van der Waals surface area contributed by atoms with Crippen LogP contribution in [0.5, 0.6) is 0 Å². The minimum Gasteiger partial charge on any atom is -0.320 e. The molecular formula is C12H10F3N3OS. The molecule has 0 atom stereocenters. The number of nitrogens with one attached hydrogen (secondary N) is 1. The van der Waals surface area contributed by atoms with Crippen molar-refractivity contribution in [2.45, 2.75) is 12.7 Å². The Morgan fingerprint density at radius 1 is 1.50 bits per heavy atom. The van der Waals surface area contributed by atoms with Gasteiger partial charge in [0.15, 0.2) is 0 Å². The topological polar surface area (TPSA) is 46.9 Å². The second-order valence-corrected chi connectivity index (χ2v) is 4.86. The Morgan fingerprint density at radius 2 is 2.30 bits per heavy atom. The number of thiophene rings is 1. The Labute approximate surface area is 116 Å². The lowest BCUT2D eigenvalue weighted by atomic mass is 10.4. The third-order valence-electron chi connectivity index (χ3n) is 2.18. The van der Waals surface area contributed by atoms with Crippen molar-refractivity contribution in [1.82, 2.24) is 9.78 Å². The molecule has 0 fully saturated rings. The number of nitrogens with zero attached hydrogens (tertiary/aromatic N) is 2. The molecule has 2 aromatic rings. The molecule has 0 bridgehead atoms. The molecule has 2 aromatic heterocycles. The first-order valence-corrected chi connectivity index (χ1v) is 6.42. The molecule has 4 nitrogen and oxygen atoms in total. The van der Waals surface area contributed by atoms with E-state index in [0.29, 0.717) is 0 Å². The monoisotopic (exact) mass is 301 g/mol. The summed E-state index contributed by atoms with van der Waals surface area (Å²) in [7, 11) is 0. The zero-order valence-corrected chi connectivity index (χ0v) is 10.9. The van der Waals surface area contributed by atoms with E-state index in [9.17, 15) is 18.0 Å². The highest BCUT2D eigenvalue weighted by atomic mass is 32.1. The number of anilines is 1. The van der Waals surface area contributed by atoms with Crippen LogP contribution in [0.25, 0.3) is 6.08 Å². The van der Waals surface area contributed by atoms with Gasteiger partial charge in [0.05, 0.1) is 11.9 Å². The van der Waals surface area contributed by atoms with Gasteiger partial charge in [0.1, 0.15) is 6.54 Å². The summed E-state index contributed by atoms with van der Waals surface area (Å²) in [6.07, 6.45) is 0.895. The number of rotatable bonds is 4. The lowest BCUT2D eigenvalue weighted by molar-refractivity contribution is -0.142. The number of halogens is 3. The van der Waals surface area contributed by atoms with Gasteiger partial charge >= 0.3 is 6.18 Å². The van der Waals surface area contributed by atoms with Crippen molar-refractivity contribution < 1.29 is 18.0 Å². The summed E-state index contributed by atoms with van der Waals surface area (Å²) in [6.45, 7) is -1.19. The molecule has 0 unspecified atom stereocenters. The van der Waals surface area contributed by atoms with Crippen molar-refractivity contribution in [3.8, 4) is 0 Å². The highest BCUT2D eigenvalue weighted by Gasteiger charge is 2.28. The second-order valence-electron chi connectivity index (χ2n) is 3.88. The molecule has 0 aliphatic heterocycles. The quantitative estimate of drug-likeness (QED) is 0.882. The van der Waals surface area contributed by atoms with Gasteiger partial charge in [-0.3, -0.25) is 9.48 Å². The van der Waals surface area contributed by atoms with Crippen LogP contribution in [0.3, 0.4) is 0 Å². The zero-order valence-electron chi connectivity index (χ0n) is 10.1. The molecule has 0 saturated heterocycles. The summed E-state index contributed by atoms with van der Waals surface area (Å²) in [5.41, 5.74) is 0.218. The van der Waals surface area contributed by atoms with Gasteiger partial charge in [-0.2, -0.15) is 18.3 Å². The van der Waals surface area contributed by atoms with E-state index < -0.39 is 18.6 Å². The van der Waals surface area contributed by atoms with Gasteiger partial charge in [-0.1, -0.05) is 6.07 Å². The fourth-order valence-corrected chi connectivity index (χ4v) is 2.04. The zero-order chi connectivity index (χ0) is 14.6. The van der Waals surface area contributed by atoms with Crippen LogP contribution in [0.15, 0.2) is 36.0 Å². The molecule has 0 aromatic carbocycles. The van der Waals surface area contributed by atoms with Gasteiger partial charge in [0.2, 0.25) is 5.91 Å². The molecule has 0 radical (unpaired) electrons. The van der Waals surface area contributed by atoms with Gasteiger partial charge in [-0.15, -0.1) is 11.3 Å². The van der Waals surface area contributed by atoms with Crippen molar-refractivity contribution in [1.29, 1.82) is 0 Å². The van der Waals surface area contributed by atoms with Crippen molar-refractivity contribution in [3.63, 3.8) is 0 Å². The van der Waals surface area contributed by atoms with Gasteiger partial charge < -0.3 is 5.32 Å². The molecule has 20 heavy (non-hydrogen) atoms. The fourth-order valence-electron chi connectivity index (χ4n) is 1.43. The third kappa shape index (κ3) is 4.54. The van der Waals surface area contributed by atoms with Crippen LogP contribution in [0.2, 0.25) is 0 Å². The average molecular weight is 301 g/mol. The summed E-state index contributed by atoms with van der Waals surface area (Å²) in [4.78, 5) is 12.5. The van der Waals surface area contributed by atoms with Crippen molar-refractivity contribution in [2.24, 2.45) is 0 Å². The number of alkyl halides is 3. The largest absolute Gasteiger partial charge is 0.408 e. The van der Waals surface area contributed by atoms with E-state index >= 15 is 0 Å². The second kappa shape index (κ2) is 5.91. The van der Waals surface area contributed by atoms with Crippen LogP contribution in [0, 0.1) is 0 Å². The first-order valence-electron chi connectivity index (χ1n) is 5.54. The predicted molar refractivity (Wildman–Crippen MR) is 70.3 cm³/mol. The highest BCUT2D eigenvalue weighted by molar-refractivity contribution is 7.10. The minimum atomic E-state index is -4.34. The highest BCUT2D eigenvalue weighted by Crippen LogP contribution is 2.18. The lowest BCUT2D eigenvalue weighted by Gasteiger charge is -2.04. The van der Waals surface area contributed by atoms with Crippen molar-refractivity contribution in [3.05, 3.63) is 40.9 Å². The smallest absolute Gasteiger partial charge is 0.320 e. The molecule has 0 saturated carbocycles. The summed E-state index contributed by atoms with van der Waals surface area (Å²) >= 11 is 1.47. The van der Waals surface area contributed by atoms with Gasteiger partial charge in [0, 0.05) is 17.2 Å². The van der Waals surface area contributed by atoms with Gasteiger partial charge in [-0.25, -0.2) is 0 Å². The van der Waals surface area contributed by atoms with E-state index in [4.69, 9.17) is 0 Å². The Kier molecular flexibility index (Phi) is 4.23. The summed E-state index contributed by atoms with van der Waals surface area (Å²) in [5, 5.41) is 7.84. The van der Waals surface area contributed by atoms with E-state index in [1.165, 1.54) is 23.6 Å². The standard InChI is InChI=1S/C12H10F3N3OS/c13-12(14,15)8-18-7-9(6-16-18)17-11(19)4-3-10-2-1-5-20-10/h1-7H,8H2,(H,17,19)/b4-3+. The van der Waals surface area contributed by atoms with Gasteiger partial charge in [-0.05, 0) is 17.5 Å². The summed E-state index contributed by atoms with van der Waals surface area (Å²) < 4.78 is 37.1. The Morgan fingerprint density at radius 3 is 2.95 bits per heavy atom. The molecule has 0 aliphatic carbocycles. The molecule has 2 rings (SSSR count). The summed E-state index contributed by atoms with van der Waals surface area (Å²) in [5.74, 6) is -0.426. The van der Waals surface area contributed by atoms with E-state index in [0.717, 1.165) is 15.8 Å². The fraction of sp³-hybridized carbons (Fsp3) is 0.167. The number of carbonyl (C=O) groups excluding carboxylic acids is 1. The van der Waals surface area contributed by atoms with Crippen LogP contribution in [-0.4, -0.2) is 21.9 Å². The van der Waals surface area contributed by atoms with Crippen LogP contribution >= 0.6 is 11.3 Å². The van der Waals surface area contributed by atoms with Crippen molar-refractivity contribution >= 4 is 29.0 Å². The minimum absolute atomic E-state index is 0.218. The number of hydrogen-bond acceptors (Lipinski definition) is 3. The Hall–Kier alpha value is -2.09. The molecular weight excluding hydrogens is 291 g/mol. The molecule has 0 spiro atoms. The van der Waals surface area contributed by atoms with Crippen LogP contribution in [0.4, 0.5) is 18.9 Å². The SMILES string of the molecule is O=C(/C=C/c1cccs1)Nc1cnn(CC(F)(F)F)c1. The van der Waals surface area contributed by atoms with E-state index in [2.05, 4.69) is 10.4 Å². The Balaban J connectivity index is 1.92. The number of hydrogen-bond donors (Lipinski definition) is 1.